The number of carbonyl (C=O) groups is 1. The highest BCUT2D eigenvalue weighted by atomic mass is 35.5. The first-order valence-corrected chi connectivity index (χ1v) is 6.21. The summed E-state index contributed by atoms with van der Waals surface area (Å²) in [5.41, 5.74) is 1.87. The molecule has 106 valence electrons. The maximum atomic E-state index is 12.1. The molecular formula is C13H21ClN4O. The quantitative estimate of drug-likeness (QED) is 0.867. The lowest BCUT2D eigenvalue weighted by Gasteiger charge is -2.28. The topological polar surface area (TPSA) is 47.6 Å². The molecule has 5 nitrogen and oxygen atoms in total. The van der Waals surface area contributed by atoms with Gasteiger partial charge in [-0.05, 0) is 12.1 Å². The van der Waals surface area contributed by atoms with Gasteiger partial charge in [-0.1, -0.05) is 12.1 Å². The van der Waals surface area contributed by atoms with Crippen molar-refractivity contribution in [3.05, 3.63) is 24.3 Å². The second-order valence-corrected chi connectivity index (χ2v) is 4.58. The number of urea groups is 1. The van der Waals surface area contributed by atoms with Crippen molar-refractivity contribution in [2.75, 3.05) is 50.5 Å². The lowest BCUT2D eigenvalue weighted by Crippen LogP contribution is -2.48. The minimum Gasteiger partial charge on any atom is -0.376 e. The van der Waals surface area contributed by atoms with Gasteiger partial charge in [-0.3, -0.25) is 0 Å². The van der Waals surface area contributed by atoms with Crippen molar-refractivity contribution >= 4 is 29.8 Å². The van der Waals surface area contributed by atoms with Crippen LogP contribution in [0.3, 0.4) is 0 Å². The molecule has 1 heterocycles. The Hall–Kier alpha value is -1.46. The summed E-state index contributed by atoms with van der Waals surface area (Å²) >= 11 is 0. The van der Waals surface area contributed by atoms with Crippen molar-refractivity contribution in [1.29, 1.82) is 0 Å². The van der Waals surface area contributed by atoms with Gasteiger partial charge in [0.15, 0.2) is 0 Å². The van der Waals surface area contributed by atoms with Gasteiger partial charge in [0.1, 0.15) is 0 Å². The van der Waals surface area contributed by atoms with Crippen LogP contribution < -0.4 is 15.5 Å². The number of nitrogens with one attached hydrogen (secondary N) is 2. The normalized spacial score (nSPS) is 14.5. The van der Waals surface area contributed by atoms with Gasteiger partial charge < -0.3 is 20.4 Å². The zero-order valence-electron chi connectivity index (χ0n) is 11.3. The largest absolute Gasteiger partial charge is 0.376 e. The van der Waals surface area contributed by atoms with Crippen LogP contribution in [0, 0.1) is 0 Å². The predicted octanol–water partition coefficient (Wildman–Crippen LogP) is 1.61. The SMILES string of the molecule is CN(C)c1ccccc1NC(=O)N1CCNCC1.Cl. The number of amides is 2. The van der Waals surface area contributed by atoms with Crippen LogP contribution in [0.2, 0.25) is 0 Å². The third-order valence-electron chi connectivity index (χ3n) is 3.03. The maximum absolute atomic E-state index is 12.1. The molecule has 0 radical (unpaired) electrons. The molecule has 1 aliphatic heterocycles. The molecular weight excluding hydrogens is 264 g/mol. The Balaban J connectivity index is 0.00000180. The summed E-state index contributed by atoms with van der Waals surface area (Å²) in [4.78, 5) is 15.9. The zero-order valence-corrected chi connectivity index (χ0v) is 12.2. The Morgan fingerprint density at radius 3 is 2.53 bits per heavy atom. The predicted molar refractivity (Wildman–Crippen MR) is 81.5 cm³/mol. The maximum Gasteiger partial charge on any atom is 0.321 e. The second kappa shape index (κ2) is 7.21. The number of piperazine rings is 1. The fourth-order valence-electron chi connectivity index (χ4n) is 2.03. The molecule has 0 aromatic heterocycles. The molecule has 1 saturated heterocycles. The second-order valence-electron chi connectivity index (χ2n) is 4.58. The number of nitrogens with zero attached hydrogens (tertiary/aromatic N) is 2. The lowest BCUT2D eigenvalue weighted by atomic mass is 10.2. The summed E-state index contributed by atoms with van der Waals surface area (Å²) in [5, 5.41) is 6.21. The summed E-state index contributed by atoms with van der Waals surface area (Å²) in [7, 11) is 3.94. The van der Waals surface area contributed by atoms with Gasteiger partial charge in [-0.15, -0.1) is 12.4 Å². The molecule has 0 bridgehead atoms. The number of carbonyl (C=O) groups excluding carboxylic acids is 1. The van der Waals surface area contributed by atoms with Gasteiger partial charge in [0.25, 0.3) is 0 Å². The molecule has 2 N–H and O–H groups in total. The Bertz CT molecular complexity index is 419. The molecule has 0 saturated carbocycles. The van der Waals surface area contributed by atoms with E-state index >= 15 is 0 Å². The number of anilines is 2. The Morgan fingerprint density at radius 2 is 1.89 bits per heavy atom. The molecule has 6 heteroatoms. The number of benzene rings is 1. The third-order valence-corrected chi connectivity index (χ3v) is 3.03. The molecule has 0 aliphatic carbocycles. The van der Waals surface area contributed by atoms with E-state index in [9.17, 15) is 4.79 Å². The van der Waals surface area contributed by atoms with Crippen molar-refractivity contribution in [3.63, 3.8) is 0 Å². The summed E-state index contributed by atoms with van der Waals surface area (Å²) in [6.07, 6.45) is 0. The number of para-hydroxylation sites is 2. The van der Waals surface area contributed by atoms with E-state index in [2.05, 4.69) is 10.6 Å². The lowest BCUT2D eigenvalue weighted by molar-refractivity contribution is 0.204. The molecule has 1 aromatic rings. The van der Waals surface area contributed by atoms with Crippen LogP contribution in [0.25, 0.3) is 0 Å². The van der Waals surface area contributed by atoms with E-state index in [1.165, 1.54) is 0 Å². The minimum absolute atomic E-state index is 0. The Kier molecular flexibility index (Phi) is 5.92. The smallest absolute Gasteiger partial charge is 0.321 e. The fourth-order valence-corrected chi connectivity index (χ4v) is 2.03. The molecule has 19 heavy (non-hydrogen) atoms. The van der Waals surface area contributed by atoms with E-state index in [1.807, 2.05) is 48.2 Å². The van der Waals surface area contributed by atoms with Crippen LogP contribution in [0.5, 0.6) is 0 Å². The molecule has 1 aliphatic rings. The molecule has 0 spiro atoms. The molecule has 1 fully saturated rings. The van der Waals surface area contributed by atoms with Crippen LogP contribution in [0.15, 0.2) is 24.3 Å². The zero-order chi connectivity index (χ0) is 13.0. The van der Waals surface area contributed by atoms with E-state index in [4.69, 9.17) is 0 Å². The van der Waals surface area contributed by atoms with E-state index < -0.39 is 0 Å². The summed E-state index contributed by atoms with van der Waals surface area (Å²) < 4.78 is 0. The van der Waals surface area contributed by atoms with E-state index in [0.717, 1.165) is 37.6 Å². The van der Waals surface area contributed by atoms with E-state index in [0.29, 0.717) is 0 Å². The summed E-state index contributed by atoms with van der Waals surface area (Å²) in [6.45, 7) is 3.25. The van der Waals surface area contributed by atoms with Crippen LogP contribution in [0.4, 0.5) is 16.2 Å². The summed E-state index contributed by atoms with van der Waals surface area (Å²) in [5.74, 6) is 0. The summed E-state index contributed by atoms with van der Waals surface area (Å²) in [6, 6.07) is 7.80. The number of halogens is 1. The first kappa shape index (κ1) is 15.6. The monoisotopic (exact) mass is 284 g/mol. The Morgan fingerprint density at radius 1 is 1.26 bits per heavy atom. The van der Waals surface area contributed by atoms with Gasteiger partial charge in [0.2, 0.25) is 0 Å². The van der Waals surface area contributed by atoms with Crippen molar-refractivity contribution in [2.24, 2.45) is 0 Å². The van der Waals surface area contributed by atoms with Crippen LogP contribution in [0.1, 0.15) is 0 Å². The molecule has 2 amide bonds. The number of rotatable bonds is 2. The minimum atomic E-state index is -0.0224. The number of hydrogen-bond donors (Lipinski definition) is 2. The first-order valence-electron chi connectivity index (χ1n) is 6.21. The van der Waals surface area contributed by atoms with Crippen LogP contribution in [-0.2, 0) is 0 Å². The van der Waals surface area contributed by atoms with Gasteiger partial charge in [0.05, 0.1) is 11.4 Å². The molecule has 0 atom stereocenters. The molecule has 0 unspecified atom stereocenters. The molecule has 2 rings (SSSR count). The van der Waals surface area contributed by atoms with E-state index in [1.54, 1.807) is 0 Å². The number of hydrogen-bond acceptors (Lipinski definition) is 3. The van der Waals surface area contributed by atoms with Crippen LogP contribution in [-0.4, -0.2) is 51.2 Å². The van der Waals surface area contributed by atoms with Crippen molar-refractivity contribution in [1.82, 2.24) is 10.2 Å². The van der Waals surface area contributed by atoms with Crippen molar-refractivity contribution in [3.8, 4) is 0 Å². The first-order chi connectivity index (χ1) is 8.68. The standard InChI is InChI=1S/C13H20N4O.ClH/c1-16(2)12-6-4-3-5-11(12)15-13(18)17-9-7-14-8-10-17;/h3-6,14H,7-10H2,1-2H3,(H,15,18);1H. The highest BCUT2D eigenvalue weighted by Gasteiger charge is 2.17. The van der Waals surface area contributed by atoms with Gasteiger partial charge in [-0.2, -0.15) is 0 Å². The van der Waals surface area contributed by atoms with Gasteiger partial charge in [-0.25, -0.2) is 4.79 Å². The average molecular weight is 285 g/mol. The van der Waals surface area contributed by atoms with Crippen molar-refractivity contribution in [2.45, 2.75) is 0 Å². The van der Waals surface area contributed by atoms with Crippen molar-refractivity contribution < 1.29 is 4.79 Å². The average Bonchev–Trinajstić information content (AvgIpc) is 2.40. The molecule has 1 aromatic carbocycles. The van der Waals surface area contributed by atoms with Gasteiger partial charge >= 0.3 is 6.03 Å². The van der Waals surface area contributed by atoms with E-state index in [-0.39, 0.29) is 18.4 Å². The fraction of sp³-hybridized carbons (Fsp3) is 0.462. The van der Waals surface area contributed by atoms with Crippen LogP contribution >= 0.6 is 12.4 Å². The highest BCUT2D eigenvalue weighted by Crippen LogP contribution is 2.23. The van der Waals surface area contributed by atoms with Gasteiger partial charge in [0, 0.05) is 40.3 Å². The third kappa shape index (κ3) is 4.01. The highest BCUT2D eigenvalue weighted by molar-refractivity contribution is 5.93. The Labute approximate surface area is 120 Å².